The second-order valence-corrected chi connectivity index (χ2v) is 13.3. The standard InChI is InChI=1S/C39H58N12O5/c1-9-13-18-42-38(44-36(53)31-21-26(5)46-50(31)10-2)48(8)29(25-55-12-4)16-14-19-49-34-30(23-28(35(40)52)24-33(34)56-20-15-17-41-7)43-39(49)45-37(54)32-22-27(6)47-51(32)11-3/h13,18,21-24,29,41H,9-12,14-17,19-20,25H2,1-8H3,(H2,40,52)(H,42,44,53)(H,43,45,54)/b18-13+/t29-/m0/s1. The first-order valence-electron chi connectivity index (χ1n) is 19.3. The van der Waals surface area contributed by atoms with Crippen LogP contribution >= 0.6 is 0 Å². The number of hydrogen-bond donors (Lipinski definition) is 4. The molecule has 17 heteroatoms. The number of nitrogens with one attached hydrogen (secondary N) is 3. The number of carbonyl (C=O) groups is 3. The second-order valence-electron chi connectivity index (χ2n) is 13.3. The second kappa shape index (κ2) is 20.9. The third kappa shape index (κ3) is 11.0. The van der Waals surface area contributed by atoms with Crippen molar-refractivity contribution in [3.63, 3.8) is 0 Å². The highest BCUT2D eigenvalue weighted by atomic mass is 16.5. The Labute approximate surface area is 328 Å². The average molecular weight is 775 g/mol. The summed E-state index contributed by atoms with van der Waals surface area (Å²) in [7, 11) is 3.75. The highest BCUT2D eigenvalue weighted by Crippen LogP contribution is 2.32. The minimum atomic E-state index is -0.621. The molecule has 0 unspecified atom stereocenters. The number of nitrogens with zero attached hydrogens (tertiary/aromatic N) is 8. The molecule has 3 aromatic heterocycles. The third-order valence-corrected chi connectivity index (χ3v) is 9.09. The molecule has 3 heterocycles. The summed E-state index contributed by atoms with van der Waals surface area (Å²) in [5.41, 5.74) is 9.33. The number of fused-ring (bicyclic) bond motifs is 1. The van der Waals surface area contributed by atoms with Gasteiger partial charge in [-0.1, -0.05) is 13.0 Å². The Kier molecular flexibility index (Phi) is 16.1. The highest BCUT2D eigenvalue weighted by Gasteiger charge is 2.25. The summed E-state index contributed by atoms with van der Waals surface area (Å²) in [4.78, 5) is 51.1. The summed E-state index contributed by atoms with van der Waals surface area (Å²) in [6.45, 7) is 14.9. The Hall–Kier alpha value is -5.55. The lowest BCUT2D eigenvalue weighted by Gasteiger charge is -2.31. The molecule has 0 aliphatic heterocycles. The average Bonchev–Trinajstić information content (AvgIpc) is 3.87. The maximum atomic E-state index is 13.7. The lowest BCUT2D eigenvalue weighted by Crippen LogP contribution is -2.49. The molecule has 0 bridgehead atoms. The van der Waals surface area contributed by atoms with Crippen molar-refractivity contribution >= 4 is 40.7 Å². The van der Waals surface area contributed by atoms with E-state index < -0.39 is 5.91 Å². The van der Waals surface area contributed by atoms with E-state index in [-0.39, 0.29) is 29.4 Å². The summed E-state index contributed by atoms with van der Waals surface area (Å²) < 4.78 is 17.4. The molecule has 3 amide bonds. The van der Waals surface area contributed by atoms with E-state index in [9.17, 15) is 14.4 Å². The van der Waals surface area contributed by atoms with Crippen LogP contribution in [0.15, 0.2) is 41.5 Å². The van der Waals surface area contributed by atoms with Crippen molar-refractivity contribution in [2.75, 3.05) is 45.8 Å². The van der Waals surface area contributed by atoms with Gasteiger partial charge in [0, 0.05) is 45.1 Å². The minimum absolute atomic E-state index is 0.213. The zero-order valence-electron chi connectivity index (χ0n) is 34.0. The van der Waals surface area contributed by atoms with Gasteiger partial charge in [0.25, 0.3) is 11.8 Å². The first kappa shape index (κ1) is 43.2. The molecule has 5 N–H and O–H groups in total. The van der Waals surface area contributed by atoms with Crippen molar-refractivity contribution < 1.29 is 23.9 Å². The normalized spacial score (nSPS) is 12.4. The highest BCUT2D eigenvalue weighted by molar-refractivity contribution is 6.05. The fraction of sp³-hybridized carbons (Fsp3) is 0.513. The lowest BCUT2D eigenvalue weighted by atomic mass is 10.1. The van der Waals surface area contributed by atoms with E-state index in [1.54, 1.807) is 39.8 Å². The fourth-order valence-corrected chi connectivity index (χ4v) is 6.24. The number of imidazole rings is 1. The topological polar surface area (TPSA) is 201 Å². The number of hydrogen-bond acceptors (Lipinski definition) is 10. The van der Waals surface area contributed by atoms with Crippen LogP contribution in [0.25, 0.3) is 11.0 Å². The van der Waals surface area contributed by atoms with E-state index in [1.165, 1.54) is 0 Å². The van der Waals surface area contributed by atoms with Gasteiger partial charge < -0.3 is 30.0 Å². The lowest BCUT2D eigenvalue weighted by molar-refractivity contribution is 0.0899. The number of rotatable bonds is 21. The van der Waals surface area contributed by atoms with Gasteiger partial charge >= 0.3 is 0 Å². The van der Waals surface area contributed by atoms with Crippen molar-refractivity contribution in [2.24, 2.45) is 10.7 Å². The number of guanidine groups is 1. The Morgan fingerprint density at radius 2 is 1.66 bits per heavy atom. The predicted octanol–water partition coefficient (Wildman–Crippen LogP) is 4.25. The van der Waals surface area contributed by atoms with E-state index in [4.69, 9.17) is 20.2 Å². The van der Waals surface area contributed by atoms with Gasteiger partial charge in [0.05, 0.1) is 36.2 Å². The quantitative estimate of drug-likeness (QED) is 0.0539. The van der Waals surface area contributed by atoms with Gasteiger partial charge in [0.2, 0.25) is 17.8 Å². The van der Waals surface area contributed by atoms with Gasteiger partial charge in [0.1, 0.15) is 22.7 Å². The molecule has 0 aliphatic rings. The first-order chi connectivity index (χ1) is 26.9. The van der Waals surface area contributed by atoms with Crippen LogP contribution in [0.3, 0.4) is 0 Å². The van der Waals surface area contributed by atoms with Crippen molar-refractivity contribution in [3.8, 4) is 5.75 Å². The Morgan fingerprint density at radius 3 is 2.27 bits per heavy atom. The molecular weight excluding hydrogens is 717 g/mol. The molecule has 0 radical (unpaired) electrons. The number of aliphatic imine (C=N–C) groups is 1. The van der Waals surface area contributed by atoms with Gasteiger partial charge in [-0.25, -0.2) is 9.98 Å². The Bertz CT molecular complexity index is 2010. The van der Waals surface area contributed by atoms with Gasteiger partial charge in [-0.3, -0.25) is 34.4 Å². The number of aromatic nitrogens is 6. The molecule has 304 valence electrons. The van der Waals surface area contributed by atoms with Gasteiger partial charge in [-0.05, 0) is 98.2 Å². The minimum Gasteiger partial charge on any atom is -0.491 e. The molecule has 4 rings (SSSR count). The van der Waals surface area contributed by atoms with Crippen LogP contribution < -0.4 is 26.4 Å². The summed E-state index contributed by atoms with van der Waals surface area (Å²) in [6.07, 6.45) is 6.28. The number of allylic oxidation sites excluding steroid dienone is 1. The molecule has 0 spiro atoms. The van der Waals surface area contributed by atoms with Crippen LogP contribution in [0, 0.1) is 13.8 Å². The molecule has 4 aromatic rings. The summed E-state index contributed by atoms with van der Waals surface area (Å²) >= 11 is 0. The molecule has 0 saturated heterocycles. The van der Waals surface area contributed by atoms with E-state index in [0.29, 0.717) is 92.1 Å². The van der Waals surface area contributed by atoms with Crippen LogP contribution in [-0.4, -0.2) is 104 Å². The maximum absolute atomic E-state index is 13.7. The van der Waals surface area contributed by atoms with Crippen LogP contribution in [0.1, 0.15) is 96.1 Å². The first-order valence-corrected chi connectivity index (χ1v) is 19.3. The number of benzene rings is 1. The summed E-state index contributed by atoms with van der Waals surface area (Å²) in [5, 5.41) is 18.0. The summed E-state index contributed by atoms with van der Waals surface area (Å²) in [5.74, 6) is -0.236. The molecule has 1 aromatic carbocycles. The van der Waals surface area contributed by atoms with Gasteiger partial charge in [-0.15, -0.1) is 0 Å². The van der Waals surface area contributed by atoms with E-state index in [0.717, 1.165) is 25.1 Å². The van der Waals surface area contributed by atoms with Crippen molar-refractivity contribution in [2.45, 2.75) is 92.9 Å². The predicted molar refractivity (Wildman–Crippen MR) is 217 cm³/mol. The van der Waals surface area contributed by atoms with Crippen LogP contribution in [0.4, 0.5) is 5.95 Å². The third-order valence-electron chi connectivity index (χ3n) is 9.09. The molecule has 56 heavy (non-hydrogen) atoms. The van der Waals surface area contributed by atoms with Crippen molar-refractivity contribution in [1.29, 1.82) is 0 Å². The molecule has 0 fully saturated rings. The smallest absolute Gasteiger partial charge is 0.276 e. The van der Waals surface area contributed by atoms with Crippen LogP contribution in [-0.2, 0) is 24.4 Å². The number of aryl methyl sites for hydroxylation is 5. The van der Waals surface area contributed by atoms with Gasteiger partial charge in [-0.2, -0.15) is 10.2 Å². The van der Waals surface area contributed by atoms with Crippen LogP contribution in [0.5, 0.6) is 5.75 Å². The number of likely N-dealkylation sites (N-methyl/N-ethyl adjacent to an activating group) is 1. The molecule has 0 aliphatic carbocycles. The number of anilines is 1. The zero-order chi connectivity index (χ0) is 40.8. The molecule has 17 nitrogen and oxygen atoms in total. The van der Waals surface area contributed by atoms with E-state index in [1.807, 2.05) is 71.2 Å². The molecule has 1 atom stereocenters. The maximum Gasteiger partial charge on any atom is 0.276 e. The van der Waals surface area contributed by atoms with Crippen molar-refractivity contribution in [1.82, 2.24) is 44.6 Å². The Morgan fingerprint density at radius 1 is 0.982 bits per heavy atom. The fourth-order valence-electron chi connectivity index (χ4n) is 6.24. The molecular formula is C39H58N12O5. The molecule has 0 saturated carbocycles. The number of primary amides is 1. The van der Waals surface area contributed by atoms with Crippen molar-refractivity contribution in [3.05, 3.63) is 64.9 Å². The number of carbonyl (C=O) groups excluding carboxylic acids is 3. The largest absolute Gasteiger partial charge is 0.491 e. The Balaban J connectivity index is 1.70. The van der Waals surface area contributed by atoms with Crippen LogP contribution in [0.2, 0.25) is 0 Å². The zero-order valence-corrected chi connectivity index (χ0v) is 34.0. The summed E-state index contributed by atoms with van der Waals surface area (Å²) in [6, 6.07) is 6.50. The van der Waals surface area contributed by atoms with E-state index in [2.05, 4.69) is 31.1 Å². The van der Waals surface area contributed by atoms with Gasteiger partial charge in [0.15, 0.2) is 0 Å². The number of amides is 3. The SMILES string of the molecule is CC/C=C/N=C(/NC(=O)c1cc(C)nn1CC)N(C)[C@@H](CCCn1c(NC(=O)c2cc(C)nn2CC)nc2cc(C(N)=O)cc(OCCCNC)c21)COCC. The number of ether oxygens (including phenoxy) is 2. The monoisotopic (exact) mass is 774 g/mol. The van der Waals surface area contributed by atoms with E-state index >= 15 is 0 Å². The number of nitrogens with two attached hydrogens (primary N) is 1.